The minimum absolute atomic E-state index is 0.0628. The number of aryl methyl sites for hydroxylation is 1. The molecule has 0 unspecified atom stereocenters. The summed E-state index contributed by atoms with van der Waals surface area (Å²) < 4.78 is 1.69. The van der Waals surface area contributed by atoms with E-state index in [1.807, 2.05) is 0 Å². The molecule has 2 aromatic heterocycles. The monoisotopic (exact) mass is 216 g/mol. The second kappa shape index (κ2) is 4.14. The number of nitrogens with zero attached hydrogens (tertiary/aromatic N) is 3. The van der Waals surface area contributed by atoms with Gasteiger partial charge in [0.1, 0.15) is 5.82 Å². The van der Waals surface area contributed by atoms with Gasteiger partial charge in [-0.2, -0.15) is 0 Å². The number of hydrogen-bond donors (Lipinski definition) is 1. The van der Waals surface area contributed by atoms with Crippen LogP contribution >= 0.6 is 0 Å². The van der Waals surface area contributed by atoms with Crippen molar-refractivity contribution in [3.63, 3.8) is 0 Å². The molecule has 5 heteroatoms. The lowest BCUT2D eigenvalue weighted by molar-refractivity contribution is 0.0980. The van der Waals surface area contributed by atoms with Crippen LogP contribution in [0.3, 0.4) is 0 Å². The molecule has 0 aromatic carbocycles. The first-order valence-corrected chi connectivity index (χ1v) is 4.88. The number of ketones is 1. The molecular formula is C11H12N4O. The van der Waals surface area contributed by atoms with Crippen LogP contribution in [0.2, 0.25) is 0 Å². The molecule has 82 valence electrons. The van der Waals surface area contributed by atoms with E-state index in [1.165, 1.54) is 0 Å². The number of imidazole rings is 1. The number of rotatable bonds is 3. The largest absolute Gasteiger partial charge is 0.383 e. The minimum atomic E-state index is -0.0628. The SMILES string of the molecule is Cn1ccnc1C(=O)Cc1cccnc1N. The summed E-state index contributed by atoms with van der Waals surface area (Å²) in [6.07, 6.45) is 5.16. The van der Waals surface area contributed by atoms with Gasteiger partial charge in [0.2, 0.25) is 5.78 Å². The summed E-state index contributed by atoms with van der Waals surface area (Å²) in [4.78, 5) is 19.8. The molecule has 0 aliphatic carbocycles. The molecule has 0 saturated carbocycles. The number of Topliss-reactive ketones (excluding diaryl/α,β-unsaturated/α-hetero) is 1. The fourth-order valence-corrected chi connectivity index (χ4v) is 1.49. The number of carbonyl (C=O) groups excluding carboxylic acids is 1. The van der Waals surface area contributed by atoms with E-state index in [9.17, 15) is 4.79 Å². The molecule has 0 radical (unpaired) electrons. The van der Waals surface area contributed by atoms with Crippen molar-refractivity contribution in [2.45, 2.75) is 6.42 Å². The van der Waals surface area contributed by atoms with Crippen molar-refractivity contribution in [3.8, 4) is 0 Å². The maximum Gasteiger partial charge on any atom is 0.202 e. The Morgan fingerprint density at radius 2 is 2.25 bits per heavy atom. The van der Waals surface area contributed by atoms with Crippen LogP contribution in [-0.2, 0) is 13.5 Å². The molecule has 0 atom stereocenters. The van der Waals surface area contributed by atoms with Crippen LogP contribution in [0.1, 0.15) is 16.2 Å². The molecular weight excluding hydrogens is 204 g/mol. The quantitative estimate of drug-likeness (QED) is 0.771. The summed E-state index contributed by atoms with van der Waals surface area (Å²) >= 11 is 0. The van der Waals surface area contributed by atoms with E-state index in [1.54, 1.807) is 42.3 Å². The molecule has 0 fully saturated rings. The summed E-state index contributed by atoms with van der Waals surface area (Å²) in [6.45, 7) is 0. The minimum Gasteiger partial charge on any atom is -0.383 e. The molecule has 16 heavy (non-hydrogen) atoms. The van der Waals surface area contributed by atoms with E-state index in [4.69, 9.17) is 5.73 Å². The standard InChI is InChI=1S/C11H12N4O/c1-15-6-5-14-11(15)9(16)7-8-3-2-4-13-10(8)12/h2-6H,7H2,1H3,(H2,12,13). The van der Waals surface area contributed by atoms with Crippen molar-refractivity contribution in [2.24, 2.45) is 7.05 Å². The van der Waals surface area contributed by atoms with Crippen LogP contribution < -0.4 is 5.73 Å². The molecule has 0 amide bonds. The van der Waals surface area contributed by atoms with Gasteiger partial charge in [-0.1, -0.05) is 6.07 Å². The number of aromatic nitrogens is 3. The van der Waals surface area contributed by atoms with E-state index >= 15 is 0 Å². The van der Waals surface area contributed by atoms with Crippen LogP contribution in [0, 0.1) is 0 Å². The van der Waals surface area contributed by atoms with Gasteiger partial charge < -0.3 is 10.3 Å². The van der Waals surface area contributed by atoms with Gasteiger partial charge in [0.05, 0.1) is 0 Å². The van der Waals surface area contributed by atoms with Crippen LogP contribution in [0.4, 0.5) is 5.82 Å². The first kappa shape index (κ1) is 10.4. The number of nitrogens with two attached hydrogens (primary N) is 1. The Morgan fingerprint density at radius 3 is 2.88 bits per heavy atom. The van der Waals surface area contributed by atoms with Gasteiger partial charge in [-0.25, -0.2) is 9.97 Å². The average Bonchev–Trinajstić information content (AvgIpc) is 2.68. The zero-order chi connectivity index (χ0) is 11.5. The van der Waals surface area contributed by atoms with Crippen molar-refractivity contribution in [2.75, 3.05) is 5.73 Å². The van der Waals surface area contributed by atoms with Crippen molar-refractivity contribution in [1.29, 1.82) is 0 Å². The maximum absolute atomic E-state index is 11.9. The normalized spacial score (nSPS) is 10.3. The van der Waals surface area contributed by atoms with Gasteiger partial charge in [-0.15, -0.1) is 0 Å². The molecule has 2 heterocycles. The van der Waals surface area contributed by atoms with Crippen LogP contribution in [0.5, 0.6) is 0 Å². The van der Waals surface area contributed by atoms with Crippen LogP contribution in [0.15, 0.2) is 30.7 Å². The van der Waals surface area contributed by atoms with E-state index in [0.29, 0.717) is 11.6 Å². The van der Waals surface area contributed by atoms with Gasteiger partial charge in [0, 0.05) is 37.6 Å². The Kier molecular flexibility index (Phi) is 2.68. The molecule has 0 aliphatic rings. The predicted molar refractivity (Wildman–Crippen MR) is 59.9 cm³/mol. The summed E-state index contributed by atoms with van der Waals surface area (Å²) in [5.41, 5.74) is 6.40. The number of hydrogen-bond acceptors (Lipinski definition) is 4. The lowest BCUT2D eigenvalue weighted by Gasteiger charge is -2.03. The molecule has 2 N–H and O–H groups in total. The average molecular weight is 216 g/mol. The third kappa shape index (κ3) is 1.93. The van der Waals surface area contributed by atoms with Crippen LogP contribution in [-0.4, -0.2) is 20.3 Å². The van der Waals surface area contributed by atoms with Crippen molar-refractivity contribution >= 4 is 11.6 Å². The van der Waals surface area contributed by atoms with Gasteiger partial charge in [0.15, 0.2) is 5.82 Å². The fraction of sp³-hybridized carbons (Fsp3) is 0.182. The Balaban J connectivity index is 2.21. The summed E-state index contributed by atoms with van der Waals surface area (Å²) in [5, 5.41) is 0. The highest BCUT2D eigenvalue weighted by Gasteiger charge is 2.13. The van der Waals surface area contributed by atoms with E-state index in [-0.39, 0.29) is 12.2 Å². The molecule has 0 saturated heterocycles. The van der Waals surface area contributed by atoms with E-state index in [0.717, 1.165) is 5.56 Å². The fourth-order valence-electron chi connectivity index (χ4n) is 1.49. The van der Waals surface area contributed by atoms with Crippen molar-refractivity contribution < 1.29 is 4.79 Å². The Bertz CT molecular complexity index is 518. The lowest BCUT2D eigenvalue weighted by atomic mass is 10.1. The van der Waals surface area contributed by atoms with Crippen LogP contribution in [0.25, 0.3) is 0 Å². The zero-order valence-electron chi connectivity index (χ0n) is 8.92. The van der Waals surface area contributed by atoms with Gasteiger partial charge >= 0.3 is 0 Å². The zero-order valence-corrected chi connectivity index (χ0v) is 8.92. The number of pyridine rings is 1. The first-order chi connectivity index (χ1) is 7.68. The number of nitrogen functional groups attached to an aromatic ring is 1. The second-order valence-electron chi connectivity index (χ2n) is 3.51. The molecule has 2 aromatic rings. The smallest absolute Gasteiger partial charge is 0.202 e. The Morgan fingerprint density at radius 1 is 1.44 bits per heavy atom. The molecule has 2 rings (SSSR count). The number of carbonyl (C=O) groups is 1. The van der Waals surface area contributed by atoms with E-state index < -0.39 is 0 Å². The molecule has 0 aliphatic heterocycles. The second-order valence-corrected chi connectivity index (χ2v) is 3.51. The third-order valence-corrected chi connectivity index (χ3v) is 2.35. The topological polar surface area (TPSA) is 73.8 Å². The summed E-state index contributed by atoms with van der Waals surface area (Å²) in [6, 6.07) is 3.56. The number of anilines is 1. The molecule has 5 nitrogen and oxygen atoms in total. The molecule has 0 spiro atoms. The highest BCUT2D eigenvalue weighted by molar-refractivity contribution is 5.94. The predicted octanol–water partition coefficient (Wildman–Crippen LogP) is 0.823. The van der Waals surface area contributed by atoms with Gasteiger partial charge in [0.25, 0.3) is 0 Å². The third-order valence-electron chi connectivity index (χ3n) is 2.35. The molecule has 0 bridgehead atoms. The van der Waals surface area contributed by atoms with Gasteiger partial charge in [-0.05, 0) is 6.07 Å². The van der Waals surface area contributed by atoms with E-state index in [2.05, 4.69) is 9.97 Å². The summed E-state index contributed by atoms with van der Waals surface area (Å²) in [7, 11) is 1.78. The Hall–Kier alpha value is -2.17. The first-order valence-electron chi connectivity index (χ1n) is 4.88. The highest BCUT2D eigenvalue weighted by atomic mass is 16.1. The maximum atomic E-state index is 11.9. The van der Waals surface area contributed by atoms with Crippen molar-refractivity contribution in [3.05, 3.63) is 42.1 Å². The van der Waals surface area contributed by atoms with Gasteiger partial charge in [-0.3, -0.25) is 4.79 Å². The highest BCUT2D eigenvalue weighted by Crippen LogP contribution is 2.10. The summed E-state index contributed by atoms with van der Waals surface area (Å²) in [5.74, 6) is 0.764. The lowest BCUT2D eigenvalue weighted by Crippen LogP contribution is -2.11. The Labute approximate surface area is 92.9 Å². The van der Waals surface area contributed by atoms with Crippen molar-refractivity contribution in [1.82, 2.24) is 14.5 Å².